The summed E-state index contributed by atoms with van der Waals surface area (Å²) in [5.41, 5.74) is 0.869. The highest BCUT2D eigenvalue weighted by molar-refractivity contribution is 7.90. The molecule has 4 nitrogen and oxygen atoms in total. The standard InChI is InChI=1S/C16H13NO3S/c18-21(19,14-9-5-2-6-10-14)12-16-17-11-15(20-16)13-7-3-1-4-8-13/h1-11H,12H2. The van der Waals surface area contributed by atoms with Crippen molar-refractivity contribution in [3.8, 4) is 11.3 Å². The van der Waals surface area contributed by atoms with Gasteiger partial charge in [0.25, 0.3) is 0 Å². The van der Waals surface area contributed by atoms with E-state index in [4.69, 9.17) is 4.42 Å². The number of rotatable bonds is 4. The molecule has 0 aliphatic carbocycles. The summed E-state index contributed by atoms with van der Waals surface area (Å²) in [6.07, 6.45) is 1.55. The van der Waals surface area contributed by atoms with E-state index in [0.29, 0.717) is 5.76 Å². The lowest BCUT2D eigenvalue weighted by Crippen LogP contribution is -2.04. The predicted molar refractivity (Wildman–Crippen MR) is 79.3 cm³/mol. The summed E-state index contributed by atoms with van der Waals surface area (Å²) in [6, 6.07) is 17.7. The summed E-state index contributed by atoms with van der Waals surface area (Å²) in [5.74, 6) is 0.510. The molecule has 1 aromatic heterocycles. The number of aromatic nitrogens is 1. The predicted octanol–water partition coefficient (Wildman–Crippen LogP) is 3.32. The van der Waals surface area contributed by atoms with Gasteiger partial charge < -0.3 is 4.42 Å². The van der Waals surface area contributed by atoms with Crippen molar-refractivity contribution in [2.75, 3.05) is 0 Å². The van der Waals surface area contributed by atoms with Gasteiger partial charge in [0, 0.05) is 5.56 Å². The second-order valence-electron chi connectivity index (χ2n) is 4.56. The van der Waals surface area contributed by atoms with Gasteiger partial charge in [0.1, 0.15) is 5.75 Å². The van der Waals surface area contributed by atoms with Crippen molar-refractivity contribution in [2.45, 2.75) is 10.6 Å². The molecule has 1 heterocycles. The van der Waals surface area contributed by atoms with Crippen LogP contribution in [0, 0.1) is 0 Å². The number of benzene rings is 2. The van der Waals surface area contributed by atoms with E-state index in [-0.39, 0.29) is 16.5 Å². The molecule has 5 heteroatoms. The third kappa shape index (κ3) is 3.03. The lowest BCUT2D eigenvalue weighted by molar-refractivity contribution is 0.519. The van der Waals surface area contributed by atoms with Crippen molar-refractivity contribution in [3.63, 3.8) is 0 Å². The Bertz CT molecular complexity index is 824. The molecule has 0 radical (unpaired) electrons. The van der Waals surface area contributed by atoms with E-state index in [1.165, 1.54) is 0 Å². The highest BCUT2D eigenvalue weighted by Gasteiger charge is 2.18. The maximum Gasteiger partial charge on any atom is 0.210 e. The van der Waals surface area contributed by atoms with Crippen LogP contribution in [0.4, 0.5) is 0 Å². The Kier molecular flexibility index (Phi) is 3.58. The van der Waals surface area contributed by atoms with Crippen LogP contribution in [0.1, 0.15) is 5.89 Å². The molecule has 106 valence electrons. The van der Waals surface area contributed by atoms with E-state index in [2.05, 4.69) is 4.98 Å². The lowest BCUT2D eigenvalue weighted by atomic mass is 10.2. The maximum atomic E-state index is 12.2. The van der Waals surface area contributed by atoms with Crippen LogP contribution in [-0.2, 0) is 15.6 Å². The summed E-state index contributed by atoms with van der Waals surface area (Å²) < 4.78 is 30.0. The van der Waals surface area contributed by atoms with E-state index in [9.17, 15) is 8.42 Å². The second kappa shape index (κ2) is 5.54. The van der Waals surface area contributed by atoms with Crippen LogP contribution in [0.5, 0.6) is 0 Å². The minimum absolute atomic E-state index is 0.192. The topological polar surface area (TPSA) is 60.2 Å². The quantitative estimate of drug-likeness (QED) is 0.741. The molecule has 3 aromatic rings. The number of oxazole rings is 1. The van der Waals surface area contributed by atoms with E-state index < -0.39 is 9.84 Å². The molecule has 0 fully saturated rings. The van der Waals surface area contributed by atoms with Crippen molar-refractivity contribution in [1.82, 2.24) is 4.98 Å². The molecule has 0 aliphatic heterocycles. The van der Waals surface area contributed by atoms with E-state index in [1.54, 1.807) is 36.5 Å². The van der Waals surface area contributed by atoms with Crippen LogP contribution >= 0.6 is 0 Å². The number of sulfone groups is 1. The first-order valence-electron chi connectivity index (χ1n) is 6.43. The van der Waals surface area contributed by atoms with Crippen LogP contribution in [0.15, 0.2) is 76.2 Å². The molecule has 0 saturated carbocycles. The van der Waals surface area contributed by atoms with Crippen molar-refractivity contribution in [3.05, 3.63) is 72.8 Å². The second-order valence-corrected chi connectivity index (χ2v) is 6.55. The summed E-state index contributed by atoms with van der Waals surface area (Å²) in [5, 5.41) is 0. The molecule has 0 aliphatic rings. The van der Waals surface area contributed by atoms with Gasteiger partial charge >= 0.3 is 0 Å². The maximum absolute atomic E-state index is 12.2. The first kappa shape index (κ1) is 13.6. The molecule has 0 spiro atoms. The van der Waals surface area contributed by atoms with Gasteiger partial charge in [-0.2, -0.15) is 0 Å². The first-order chi connectivity index (χ1) is 10.1. The average molecular weight is 299 g/mol. The third-order valence-corrected chi connectivity index (χ3v) is 4.65. The molecule has 21 heavy (non-hydrogen) atoms. The zero-order valence-corrected chi connectivity index (χ0v) is 12.0. The van der Waals surface area contributed by atoms with Crippen LogP contribution in [0.25, 0.3) is 11.3 Å². The van der Waals surface area contributed by atoms with Crippen molar-refractivity contribution < 1.29 is 12.8 Å². The minimum Gasteiger partial charge on any atom is -0.440 e. The Morgan fingerprint density at radius 3 is 2.19 bits per heavy atom. The summed E-state index contributed by atoms with van der Waals surface area (Å²) in [4.78, 5) is 4.33. The number of nitrogens with zero attached hydrogens (tertiary/aromatic N) is 1. The molecule has 2 aromatic carbocycles. The van der Waals surface area contributed by atoms with Crippen LogP contribution < -0.4 is 0 Å². The molecular weight excluding hydrogens is 286 g/mol. The zero-order chi connectivity index (χ0) is 14.7. The van der Waals surface area contributed by atoms with Gasteiger partial charge in [0.2, 0.25) is 5.89 Å². The summed E-state index contributed by atoms with van der Waals surface area (Å²) >= 11 is 0. The fraction of sp³-hybridized carbons (Fsp3) is 0.0625. The molecule has 0 unspecified atom stereocenters. The van der Waals surface area contributed by atoms with Gasteiger partial charge in [-0.3, -0.25) is 0 Å². The summed E-state index contributed by atoms with van der Waals surface area (Å²) in [6.45, 7) is 0. The van der Waals surface area contributed by atoms with Crippen molar-refractivity contribution in [1.29, 1.82) is 0 Å². The van der Waals surface area contributed by atoms with Crippen molar-refractivity contribution in [2.24, 2.45) is 0 Å². The normalized spacial score (nSPS) is 11.4. The Balaban J connectivity index is 1.85. The largest absolute Gasteiger partial charge is 0.440 e. The number of hydrogen-bond acceptors (Lipinski definition) is 4. The highest BCUT2D eigenvalue weighted by atomic mass is 32.2. The molecule has 0 amide bonds. The average Bonchev–Trinajstić information content (AvgIpc) is 2.97. The lowest BCUT2D eigenvalue weighted by Gasteiger charge is -2.01. The SMILES string of the molecule is O=S(=O)(Cc1ncc(-c2ccccc2)o1)c1ccccc1. The Labute approximate surface area is 123 Å². The van der Waals surface area contributed by atoms with Gasteiger partial charge in [0.05, 0.1) is 11.1 Å². The smallest absolute Gasteiger partial charge is 0.210 e. The van der Waals surface area contributed by atoms with Crippen LogP contribution in [0.3, 0.4) is 0 Å². The minimum atomic E-state index is -3.44. The fourth-order valence-electron chi connectivity index (χ4n) is 1.99. The van der Waals surface area contributed by atoms with Gasteiger partial charge in [-0.1, -0.05) is 48.5 Å². The van der Waals surface area contributed by atoms with Gasteiger partial charge in [-0.05, 0) is 12.1 Å². The first-order valence-corrected chi connectivity index (χ1v) is 8.08. The molecule has 0 saturated heterocycles. The third-order valence-electron chi connectivity index (χ3n) is 3.03. The molecule has 3 rings (SSSR count). The Hall–Kier alpha value is -2.40. The Morgan fingerprint density at radius 2 is 1.52 bits per heavy atom. The molecule has 0 bridgehead atoms. The van der Waals surface area contributed by atoms with Crippen LogP contribution in [-0.4, -0.2) is 13.4 Å². The zero-order valence-electron chi connectivity index (χ0n) is 11.1. The monoisotopic (exact) mass is 299 g/mol. The molecular formula is C16H13NO3S. The molecule has 0 N–H and O–H groups in total. The highest BCUT2D eigenvalue weighted by Crippen LogP contribution is 2.22. The van der Waals surface area contributed by atoms with E-state index in [1.807, 2.05) is 30.3 Å². The molecule has 0 atom stereocenters. The van der Waals surface area contributed by atoms with Crippen molar-refractivity contribution >= 4 is 9.84 Å². The van der Waals surface area contributed by atoms with Crippen LogP contribution in [0.2, 0.25) is 0 Å². The van der Waals surface area contributed by atoms with E-state index in [0.717, 1.165) is 5.56 Å². The van der Waals surface area contributed by atoms with Gasteiger partial charge in [-0.25, -0.2) is 13.4 Å². The van der Waals surface area contributed by atoms with E-state index >= 15 is 0 Å². The Morgan fingerprint density at radius 1 is 0.905 bits per heavy atom. The summed E-state index contributed by atoms with van der Waals surface area (Å²) in [7, 11) is -3.44. The fourth-order valence-corrected chi connectivity index (χ4v) is 3.18. The van der Waals surface area contributed by atoms with Gasteiger partial charge in [-0.15, -0.1) is 0 Å². The number of hydrogen-bond donors (Lipinski definition) is 0. The van der Waals surface area contributed by atoms with Gasteiger partial charge in [0.15, 0.2) is 15.6 Å².